The molecule has 0 aromatic heterocycles. The van der Waals surface area contributed by atoms with Crippen LogP contribution in [0, 0.1) is 5.82 Å². The molecule has 0 saturated heterocycles. The Bertz CT molecular complexity index is 562. The molecule has 4 nitrogen and oxygen atoms in total. The summed E-state index contributed by atoms with van der Waals surface area (Å²) in [7, 11) is 0. The number of halogens is 1. The van der Waals surface area contributed by atoms with Gasteiger partial charge in [-0.1, -0.05) is 27.2 Å². The summed E-state index contributed by atoms with van der Waals surface area (Å²) in [6, 6.07) is 3.33. The number of nitrogens with two attached hydrogens (primary N) is 1. The molecule has 23 heavy (non-hydrogen) atoms. The van der Waals surface area contributed by atoms with Crippen molar-refractivity contribution in [3.8, 4) is 5.75 Å². The molecule has 1 unspecified atom stereocenters. The summed E-state index contributed by atoms with van der Waals surface area (Å²) in [5, 5.41) is 0. The van der Waals surface area contributed by atoms with Crippen molar-refractivity contribution in [1.82, 2.24) is 4.90 Å². The number of hydrogen-bond acceptors (Lipinski definition) is 3. The molecule has 1 heterocycles. The summed E-state index contributed by atoms with van der Waals surface area (Å²) in [6.07, 6.45) is 3.91. The van der Waals surface area contributed by atoms with Gasteiger partial charge in [0.2, 0.25) is 5.91 Å². The summed E-state index contributed by atoms with van der Waals surface area (Å²) in [5.41, 5.74) is 6.42. The summed E-state index contributed by atoms with van der Waals surface area (Å²) >= 11 is 0. The van der Waals surface area contributed by atoms with Crippen molar-refractivity contribution in [2.75, 3.05) is 13.2 Å². The van der Waals surface area contributed by atoms with E-state index in [0.29, 0.717) is 30.2 Å². The predicted octanol–water partition coefficient (Wildman–Crippen LogP) is 3.13. The first-order chi connectivity index (χ1) is 11.0. The largest absolute Gasteiger partial charge is 0.489 e. The molecule has 0 bridgehead atoms. The average molecular weight is 322 g/mol. The molecule has 128 valence electrons. The van der Waals surface area contributed by atoms with Gasteiger partial charge in [-0.05, 0) is 37.9 Å². The molecule has 5 heteroatoms. The molecule has 2 N–H and O–H groups in total. The highest BCUT2D eigenvalue weighted by atomic mass is 19.1. The van der Waals surface area contributed by atoms with Crippen LogP contribution in [0.2, 0.25) is 0 Å². The lowest BCUT2D eigenvalue weighted by atomic mass is 9.94. The summed E-state index contributed by atoms with van der Waals surface area (Å²) in [4.78, 5) is 14.1. The first-order valence-corrected chi connectivity index (χ1v) is 8.53. The molecule has 2 rings (SSSR count). The minimum atomic E-state index is -0.533. The Balaban J connectivity index is 2.31. The van der Waals surface area contributed by atoms with Gasteiger partial charge in [-0.3, -0.25) is 9.69 Å². The van der Waals surface area contributed by atoms with Gasteiger partial charge in [0.25, 0.3) is 0 Å². The Morgan fingerprint density at radius 1 is 1.43 bits per heavy atom. The van der Waals surface area contributed by atoms with E-state index in [0.717, 1.165) is 25.8 Å². The highest BCUT2D eigenvalue weighted by molar-refractivity contribution is 5.95. The van der Waals surface area contributed by atoms with Crippen molar-refractivity contribution < 1.29 is 13.9 Å². The summed E-state index contributed by atoms with van der Waals surface area (Å²) < 4.78 is 19.7. The maximum Gasteiger partial charge on any atom is 0.249 e. The molecule has 0 aliphatic carbocycles. The van der Waals surface area contributed by atoms with Gasteiger partial charge in [-0.15, -0.1) is 0 Å². The molecule has 1 aromatic carbocycles. The third-order valence-electron chi connectivity index (χ3n) is 4.73. The molecule has 1 aromatic rings. The first kappa shape index (κ1) is 17.7. The summed E-state index contributed by atoms with van der Waals surface area (Å²) in [5.74, 6) is -0.765. The molecule has 0 fully saturated rings. The van der Waals surface area contributed by atoms with Gasteiger partial charge < -0.3 is 10.5 Å². The van der Waals surface area contributed by atoms with E-state index in [9.17, 15) is 9.18 Å². The molecule has 0 spiro atoms. The first-order valence-electron chi connectivity index (χ1n) is 8.53. The Hall–Kier alpha value is -1.62. The Morgan fingerprint density at radius 3 is 2.74 bits per heavy atom. The van der Waals surface area contributed by atoms with Gasteiger partial charge in [-0.25, -0.2) is 4.39 Å². The van der Waals surface area contributed by atoms with Crippen molar-refractivity contribution in [1.29, 1.82) is 0 Å². The van der Waals surface area contributed by atoms with Crippen molar-refractivity contribution in [2.24, 2.45) is 5.73 Å². The van der Waals surface area contributed by atoms with Crippen LogP contribution in [-0.2, 0) is 6.42 Å². The zero-order chi connectivity index (χ0) is 17.0. The van der Waals surface area contributed by atoms with E-state index in [1.54, 1.807) is 0 Å². The molecule has 1 aliphatic heterocycles. The maximum absolute atomic E-state index is 14.0. The van der Waals surface area contributed by atoms with Crippen LogP contribution in [0.4, 0.5) is 4.39 Å². The zero-order valence-electron chi connectivity index (χ0n) is 14.3. The topological polar surface area (TPSA) is 55.6 Å². The monoisotopic (exact) mass is 322 g/mol. The van der Waals surface area contributed by atoms with E-state index < -0.39 is 11.7 Å². The van der Waals surface area contributed by atoms with E-state index in [1.807, 2.05) is 0 Å². The standard InChI is InChI=1S/C18H27FN2O2/c1-4-7-12(5-2)21(6-3)13-10-15-14(18(20)22)8-9-16(19)17(15)23-11-13/h8-9,12-13H,4-7,10-11H2,1-3H3,(H2,20,22)/t12?,13-/m1/s1. The van der Waals surface area contributed by atoms with Gasteiger partial charge in [-0.2, -0.15) is 0 Å². The number of ether oxygens (including phenoxy) is 1. The van der Waals surface area contributed by atoms with Gasteiger partial charge in [0.15, 0.2) is 11.6 Å². The second kappa shape index (κ2) is 7.77. The van der Waals surface area contributed by atoms with Crippen LogP contribution in [0.5, 0.6) is 5.75 Å². The number of benzene rings is 1. The fourth-order valence-corrected chi connectivity index (χ4v) is 3.63. The zero-order valence-corrected chi connectivity index (χ0v) is 14.3. The minimum absolute atomic E-state index is 0.142. The SMILES string of the molecule is CCCC(CC)N(CC)[C@H]1COc2c(F)ccc(C(N)=O)c2C1. The number of likely N-dealkylation sites (N-methyl/N-ethyl adjacent to an activating group) is 1. The average Bonchev–Trinajstić information content (AvgIpc) is 2.54. The van der Waals surface area contributed by atoms with Crippen LogP contribution < -0.4 is 10.5 Å². The Kier molecular flexibility index (Phi) is 5.99. The van der Waals surface area contributed by atoms with Gasteiger partial charge in [0.1, 0.15) is 6.61 Å². The lowest BCUT2D eigenvalue weighted by Crippen LogP contribution is -2.48. The molecular weight excluding hydrogens is 295 g/mol. The highest BCUT2D eigenvalue weighted by Crippen LogP contribution is 2.33. The van der Waals surface area contributed by atoms with E-state index in [2.05, 4.69) is 25.7 Å². The normalized spacial score (nSPS) is 18.4. The van der Waals surface area contributed by atoms with Crippen molar-refractivity contribution in [3.05, 3.63) is 29.1 Å². The quantitative estimate of drug-likeness (QED) is 0.839. The lowest BCUT2D eigenvalue weighted by molar-refractivity contribution is 0.0754. The van der Waals surface area contributed by atoms with E-state index in [4.69, 9.17) is 10.5 Å². The van der Waals surface area contributed by atoms with E-state index in [1.165, 1.54) is 12.1 Å². The van der Waals surface area contributed by atoms with Gasteiger partial charge in [0.05, 0.1) is 0 Å². The van der Waals surface area contributed by atoms with Crippen molar-refractivity contribution in [2.45, 2.75) is 58.5 Å². The third kappa shape index (κ3) is 3.66. The van der Waals surface area contributed by atoms with Crippen LogP contribution in [0.1, 0.15) is 56.0 Å². The lowest BCUT2D eigenvalue weighted by Gasteiger charge is -2.39. The number of hydrogen-bond donors (Lipinski definition) is 1. The fourth-order valence-electron chi connectivity index (χ4n) is 3.63. The van der Waals surface area contributed by atoms with Crippen LogP contribution in [0.15, 0.2) is 12.1 Å². The minimum Gasteiger partial charge on any atom is -0.489 e. The number of primary amides is 1. The van der Waals surface area contributed by atoms with Crippen molar-refractivity contribution in [3.63, 3.8) is 0 Å². The third-order valence-corrected chi connectivity index (χ3v) is 4.73. The molecule has 1 amide bonds. The number of nitrogens with zero attached hydrogens (tertiary/aromatic N) is 1. The number of rotatable bonds is 7. The Morgan fingerprint density at radius 2 is 2.17 bits per heavy atom. The van der Waals surface area contributed by atoms with E-state index in [-0.39, 0.29) is 11.8 Å². The number of carbonyl (C=O) groups is 1. The van der Waals surface area contributed by atoms with E-state index >= 15 is 0 Å². The second-order valence-electron chi connectivity index (χ2n) is 6.12. The fraction of sp³-hybridized carbons (Fsp3) is 0.611. The van der Waals surface area contributed by atoms with Crippen LogP contribution >= 0.6 is 0 Å². The van der Waals surface area contributed by atoms with Crippen molar-refractivity contribution >= 4 is 5.91 Å². The second-order valence-corrected chi connectivity index (χ2v) is 6.12. The number of carbonyl (C=O) groups excluding carboxylic acids is 1. The van der Waals surface area contributed by atoms with Crippen LogP contribution in [0.25, 0.3) is 0 Å². The van der Waals surface area contributed by atoms with Gasteiger partial charge >= 0.3 is 0 Å². The molecule has 1 aliphatic rings. The molecular formula is C18H27FN2O2. The smallest absolute Gasteiger partial charge is 0.249 e. The van der Waals surface area contributed by atoms with Crippen LogP contribution in [0.3, 0.4) is 0 Å². The summed E-state index contributed by atoms with van der Waals surface area (Å²) in [6.45, 7) is 7.86. The van der Waals surface area contributed by atoms with Crippen LogP contribution in [-0.4, -0.2) is 36.0 Å². The number of fused-ring (bicyclic) bond motifs is 1. The predicted molar refractivity (Wildman–Crippen MR) is 89.3 cm³/mol. The number of amides is 1. The Labute approximate surface area is 137 Å². The molecule has 0 radical (unpaired) electrons. The molecule has 0 saturated carbocycles. The molecule has 2 atom stereocenters. The maximum atomic E-state index is 14.0. The highest BCUT2D eigenvalue weighted by Gasteiger charge is 2.32. The van der Waals surface area contributed by atoms with Gasteiger partial charge in [0, 0.05) is 23.2 Å².